The molecule has 0 aromatic heterocycles. The average Bonchev–Trinajstić information content (AvgIpc) is 2.82. The first-order valence-electron chi connectivity index (χ1n) is 7.67. The van der Waals surface area contributed by atoms with E-state index in [-0.39, 0.29) is 12.1 Å². The van der Waals surface area contributed by atoms with Gasteiger partial charge in [-0.3, -0.25) is 0 Å². The summed E-state index contributed by atoms with van der Waals surface area (Å²) in [6.45, 7) is 5.13. The fourth-order valence-electron chi connectivity index (χ4n) is 3.08. The van der Waals surface area contributed by atoms with Gasteiger partial charge in [-0.05, 0) is 48.8 Å². The van der Waals surface area contributed by atoms with Gasteiger partial charge in [0.2, 0.25) is 0 Å². The highest BCUT2D eigenvalue weighted by Gasteiger charge is 2.38. The molecule has 0 spiro atoms. The third-order valence-electron chi connectivity index (χ3n) is 4.58. The Balaban J connectivity index is 1.81. The normalized spacial score (nSPS) is 26.1. The first-order chi connectivity index (χ1) is 9.55. The van der Waals surface area contributed by atoms with Crippen LogP contribution in [-0.4, -0.2) is 23.9 Å². The van der Waals surface area contributed by atoms with E-state index in [1.54, 1.807) is 0 Å². The van der Waals surface area contributed by atoms with Gasteiger partial charge in [-0.2, -0.15) is 0 Å². The Morgan fingerprint density at radius 1 is 1.35 bits per heavy atom. The minimum atomic E-state index is -0.384. The summed E-state index contributed by atoms with van der Waals surface area (Å²) in [5, 5.41) is 9.43. The molecule has 2 rings (SSSR count). The van der Waals surface area contributed by atoms with Crippen LogP contribution < -0.4 is 10.5 Å². The summed E-state index contributed by atoms with van der Waals surface area (Å²) in [5.74, 6) is 1.84. The van der Waals surface area contributed by atoms with Crippen molar-refractivity contribution in [3.05, 3.63) is 29.8 Å². The summed E-state index contributed by atoms with van der Waals surface area (Å²) < 4.78 is 5.80. The highest BCUT2D eigenvalue weighted by molar-refractivity contribution is 5.28. The second-order valence-electron chi connectivity index (χ2n) is 6.34. The molecule has 0 amide bonds. The van der Waals surface area contributed by atoms with Crippen molar-refractivity contribution < 1.29 is 9.84 Å². The van der Waals surface area contributed by atoms with Gasteiger partial charge < -0.3 is 15.6 Å². The van der Waals surface area contributed by atoms with Crippen molar-refractivity contribution >= 4 is 0 Å². The molecule has 3 heteroatoms. The molecule has 0 aliphatic heterocycles. The first kappa shape index (κ1) is 15.3. The standard InChI is InChI=1S/C17H27NO2/c1-13(2)14-5-7-16(8-6-14)20-11-9-15-4-3-10-17(15,18)12-19/h5-8,13,15,19H,3-4,9-12,18H2,1-2H3. The number of ether oxygens (including phenoxy) is 1. The van der Waals surface area contributed by atoms with E-state index in [1.807, 2.05) is 12.1 Å². The van der Waals surface area contributed by atoms with Crippen LogP contribution in [0.25, 0.3) is 0 Å². The molecule has 0 bridgehead atoms. The second-order valence-corrected chi connectivity index (χ2v) is 6.34. The zero-order chi connectivity index (χ0) is 14.6. The summed E-state index contributed by atoms with van der Waals surface area (Å²) in [6.07, 6.45) is 4.07. The van der Waals surface area contributed by atoms with Gasteiger partial charge in [0.25, 0.3) is 0 Å². The van der Waals surface area contributed by atoms with Crippen LogP contribution in [0.4, 0.5) is 0 Å². The molecule has 1 aliphatic carbocycles. The lowest BCUT2D eigenvalue weighted by Gasteiger charge is -2.29. The Morgan fingerprint density at radius 3 is 2.65 bits per heavy atom. The molecule has 20 heavy (non-hydrogen) atoms. The molecule has 0 radical (unpaired) electrons. The van der Waals surface area contributed by atoms with E-state index in [0.717, 1.165) is 31.4 Å². The van der Waals surface area contributed by atoms with E-state index in [4.69, 9.17) is 10.5 Å². The van der Waals surface area contributed by atoms with Crippen LogP contribution in [0, 0.1) is 5.92 Å². The highest BCUT2D eigenvalue weighted by Crippen LogP contribution is 2.35. The average molecular weight is 277 g/mol. The summed E-state index contributed by atoms with van der Waals surface area (Å²) >= 11 is 0. The third-order valence-corrected chi connectivity index (χ3v) is 4.58. The van der Waals surface area contributed by atoms with Gasteiger partial charge in [0.1, 0.15) is 5.75 Å². The lowest BCUT2D eigenvalue weighted by Crippen LogP contribution is -2.47. The SMILES string of the molecule is CC(C)c1ccc(OCCC2CCCC2(N)CO)cc1. The third kappa shape index (κ3) is 3.53. The van der Waals surface area contributed by atoms with E-state index >= 15 is 0 Å². The molecule has 0 heterocycles. The van der Waals surface area contributed by atoms with Crippen LogP contribution >= 0.6 is 0 Å². The van der Waals surface area contributed by atoms with Crippen LogP contribution in [0.1, 0.15) is 51.0 Å². The predicted molar refractivity (Wildman–Crippen MR) is 82.0 cm³/mol. The van der Waals surface area contributed by atoms with Crippen molar-refractivity contribution in [1.29, 1.82) is 0 Å². The van der Waals surface area contributed by atoms with E-state index in [0.29, 0.717) is 18.4 Å². The predicted octanol–water partition coefficient (Wildman–Crippen LogP) is 3.07. The zero-order valence-electron chi connectivity index (χ0n) is 12.6. The molecule has 1 aromatic carbocycles. The van der Waals surface area contributed by atoms with Crippen molar-refractivity contribution in [3.8, 4) is 5.75 Å². The maximum absolute atomic E-state index is 9.43. The number of hydrogen-bond acceptors (Lipinski definition) is 3. The van der Waals surface area contributed by atoms with Crippen LogP contribution in [0.5, 0.6) is 5.75 Å². The fraction of sp³-hybridized carbons (Fsp3) is 0.647. The smallest absolute Gasteiger partial charge is 0.119 e. The van der Waals surface area contributed by atoms with Crippen molar-refractivity contribution in [3.63, 3.8) is 0 Å². The lowest BCUT2D eigenvalue weighted by atomic mass is 9.87. The molecule has 1 aromatic rings. The van der Waals surface area contributed by atoms with Gasteiger partial charge in [-0.1, -0.05) is 32.4 Å². The Morgan fingerprint density at radius 2 is 2.05 bits per heavy atom. The molecule has 1 fully saturated rings. The van der Waals surface area contributed by atoms with Gasteiger partial charge in [-0.15, -0.1) is 0 Å². The molecule has 3 N–H and O–H groups in total. The Labute approximate surface area is 122 Å². The van der Waals surface area contributed by atoms with E-state index in [1.165, 1.54) is 5.56 Å². The number of nitrogens with two attached hydrogens (primary N) is 1. The summed E-state index contributed by atoms with van der Waals surface area (Å²) in [7, 11) is 0. The fourth-order valence-corrected chi connectivity index (χ4v) is 3.08. The maximum Gasteiger partial charge on any atom is 0.119 e. The van der Waals surface area contributed by atoms with Crippen molar-refractivity contribution in [2.24, 2.45) is 11.7 Å². The van der Waals surface area contributed by atoms with Gasteiger partial charge in [0, 0.05) is 5.54 Å². The minimum Gasteiger partial charge on any atom is -0.494 e. The van der Waals surface area contributed by atoms with Crippen LogP contribution in [0.15, 0.2) is 24.3 Å². The number of benzene rings is 1. The van der Waals surface area contributed by atoms with Gasteiger partial charge >= 0.3 is 0 Å². The monoisotopic (exact) mass is 277 g/mol. The van der Waals surface area contributed by atoms with E-state index in [2.05, 4.69) is 26.0 Å². The number of aliphatic hydroxyl groups excluding tert-OH is 1. The van der Waals surface area contributed by atoms with Gasteiger partial charge in [0.05, 0.1) is 13.2 Å². The molecule has 0 saturated heterocycles. The summed E-state index contributed by atoms with van der Waals surface area (Å²) in [6, 6.07) is 8.31. The zero-order valence-corrected chi connectivity index (χ0v) is 12.6. The maximum atomic E-state index is 9.43. The molecule has 1 aliphatic rings. The van der Waals surface area contributed by atoms with Crippen molar-refractivity contribution in [1.82, 2.24) is 0 Å². The summed E-state index contributed by atoms with van der Waals surface area (Å²) in [4.78, 5) is 0. The molecular formula is C17H27NO2. The molecule has 1 saturated carbocycles. The number of aliphatic hydroxyl groups is 1. The van der Waals surface area contributed by atoms with Gasteiger partial charge in [-0.25, -0.2) is 0 Å². The lowest BCUT2D eigenvalue weighted by molar-refractivity contribution is 0.143. The summed E-state index contributed by atoms with van der Waals surface area (Å²) in [5.41, 5.74) is 7.17. The molecule has 3 nitrogen and oxygen atoms in total. The highest BCUT2D eigenvalue weighted by atomic mass is 16.5. The van der Waals surface area contributed by atoms with Crippen LogP contribution in [0.3, 0.4) is 0 Å². The Kier molecular flexibility index (Phi) is 5.06. The molecule has 112 valence electrons. The van der Waals surface area contributed by atoms with Crippen LogP contribution in [0.2, 0.25) is 0 Å². The molecular weight excluding hydrogens is 250 g/mol. The quantitative estimate of drug-likeness (QED) is 0.840. The van der Waals surface area contributed by atoms with E-state index in [9.17, 15) is 5.11 Å². The van der Waals surface area contributed by atoms with E-state index < -0.39 is 0 Å². The van der Waals surface area contributed by atoms with Crippen molar-refractivity contribution in [2.75, 3.05) is 13.2 Å². The Bertz CT molecular complexity index is 416. The number of rotatable bonds is 6. The largest absolute Gasteiger partial charge is 0.494 e. The minimum absolute atomic E-state index is 0.0841. The molecule has 2 atom stereocenters. The van der Waals surface area contributed by atoms with Gasteiger partial charge in [0.15, 0.2) is 0 Å². The van der Waals surface area contributed by atoms with Crippen LogP contribution in [-0.2, 0) is 0 Å². The Hall–Kier alpha value is -1.06. The topological polar surface area (TPSA) is 55.5 Å². The second kappa shape index (κ2) is 6.59. The molecule has 2 unspecified atom stereocenters. The first-order valence-corrected chi connectivity index (χ1v) is 7.67. The number of hydrogen-bond donors (Lipinski definition) is 2. The van der Waals surface area contributed by atoms with Crippen molar-refractivity contribution in [2.45, 2.75) is 51.0 Å².